The molecule has 0 radical (unpaired) electrons. The topological polar surface area (TPSA) is 29.9 Å². The van der Waals surface area contributed by atoms with Crippen LogP contribution in [0.25, 0.3) is 0 Å². The van der Waals surface area contributed by atoms with Gasteiger partial charge in [-0.1, -0.05) is 44.8 Å². The van der Waals surface area contributed by atoms with Gasteiger partial charge in [0.25, 0.3) is 0 Å². The summed E-state index contributed by atoms with van der Waals surface area (Å²) in [5.74, 6) is 1.13. The van der Waals surface area contributed by atoms with E-state index in [-0.39, 0.29) is 6.04 Å². The quantitative estimate of drug-likeness (QED) is 0.710. The molecule has 1 aromatic heterocycles. The van der Waals surface area contributed by atoms with Gasteiger partial charge in [0.05, 0.1) is 0 Å². The highest BCUT2D eigenvalue weighted by molar-refractivity contribution is 9.11. The van der Waals surface area contributed by atoms with Crippen LogP contribution >= 0.6 is 31.9 Å². The van der Waals surface area contributed by atoms with Crippen LogP contribution in [0.1, 0.15) is 37.7 Å². The summed E-state index contributed by atoms with van der Waals surface area (Å²) in [7, 11) is 0. The molecule has 3 nitrogen and oxygen atoms in total. The molecule has 1 atom stereocenters. The Hall–Kier alpha value is -0.650. The number of aromatic nitrogens is 2. The van der Waals surface area contributed by atoms with Crippen molar-refractivity contribution in [3.8, 4) is 0 Å². The fraction of sp³-hybridized carbons (Fsp3) is 0.438. The van der Waals surface area contributed by atoms with Crippen LogP contribution in [-0.4, -0.2) is 16.1 Å². The van der Waals surface area contributed by atoms with Crippen molar-refractivity contribution in [3.63, 3.8) is 0 Å². The number of halogens is 2. The average Bonchev–Trinajstić information content (AvgIpc) is 2.91. The maximum atomic E-state index is 4.51. The molecule has 1 N–H and O–H groups in total. The summed E-state index contributed by atoms with van der Waals surface area (Å²) in [4.78, 5) is 4.51. The van der Waals surface area contributed by atoms with Gasteiger partial charge in [-0.2, -0.15) is 0 Å². The third-order valence-corrected chi connectivity index (χ3v) is 4.69. The summed E-state index contributed by atoms with van der Waals surface area (Å²) < 4.78 is 4.41. The highest BCUT2D eigenvalue weighted by Crippen LogP contribution is 2.28. The fourth-order valence-corrected chi connectivity index (χ4v) is 3.72. The van der Waals surface area contributed by atoms with Crippen molar-refractivity contribution < 1.29 is 0 Å². The Kier molecular flexibility index (Phi) is 6.45. The number of nitrogens with one attached hydrogen (secondary N) is 1. The number of aryl methyl sites for hydroxylation is 1. The van der Waals surface area contributed by atoms with Gasteiger partial charge < -0.3 is 9.88 Å². The Balaban J connectivity index is 2.25. The van der Waals surface area contributed by atoms with Crippen LogP contribution in [0.2, 0.25) is 0 Å². The van der Waals surface area contributed by atoms with Gasteiger partial charge in [-0.05, 0) is 37.6 Å². The van der Waals surface area contributed by atoms with Gasteiger partial charge in [0.2, 0.25) is 0 Å². The Labute approximate surface area is 143 Å². The lowest BCUT2D eigenvalue weighted by molar-refractivity contribution is 0.505. The number of imidazole rings is 1. The molecule has 21 heavy (non-hydrogen) atoms. The Bertz CT molecular complexity index is 581. The molecule has 1 unspecified atom stereocenters. The fourth-order valence-electron chi connectivity index (χ4n) is 2.40. The smallest absolute Gasteiger partial charge is 0.110 e. The molecule has 0 aliphatic rings. The van der Waals surface area contributed by atoms with Gasteiger partial charge in [-0.3, -0.25) is 0 Å². The molecular weight excluding hydrogens is 394 g/mol. The van der Waals surface area contributed by atoms with Gasteiger partial charge in [-0.25, -0.2) is 4.98 Å². The third kappa shape index (κ3) is 4.41. The van der Waals surface area contributed by atoms with Gasteiger partial charge in [0.15, 0.2) is 0 Å². The maximum absolute atomic E-state index is 4.51. The van der Waals surface area contributed by atoms with E-state index in [0.29, 0.717) is 0 Å². The van der Waals surface area contributed by atoms with Crippen molar-refractivity contribution in [2.45, 2.75) is 39.3 Å². The molecule has 0 amide bonds. The lowest BCUT2D eigenvalue weighted by atomic mass is 10.0. The van der Waals surface area contributed by atoms with Crippen LogP contribution in [-0.2, 0) is 13.0 Å². The lowest BCUT2D eigenvalue weighted by Gasteiger charge is -2.21. The minimum Gasteiger partial charge on any atom is -0.335 e. The number of benzene rings is 1. The maximum Gasteiger partial charge on any atom is 0.110 e. The summed E-state index contributed by atoms with van der Waals surface area (Å²) in [5.41, 5.74) is 1.28. The molecule has 0 spiro atoms. The summed E-state index contributed by atoms with van der Waals surface area (Å²) in [5, 5.41) is 3.64. The zero-order chi connectivity index (χ0) is 15.2. The van der Waals surface area contributed by atoms with Crippen LogP contribution in [0, 0.1) is 0 Å². The molecule has 2 rings (SSSR count). The molecule has 114 valence electrons. The standard InChI is InChI=1S/C16H21Br2N3/c1-3-7-19-15(11-16-20-8-9-21(16)4-2)13-6-5-12(17)10-14(13)18/h5-6,8-10,15,19H,3-4,7,11H2,1-2H3. The summed E-state index contributed by atoms with van der Waals surface area (Å²) in [6.45, 7) is 6.29. The van der Waals surface area contributed by atoms with E-state index in [4.69, 9.17) is 0 Å². The van der Waals surface area contributed by atoms with Crippen molar-refractivity contribution in [2.75, 3.05) is 6.54 Å². The van der Waals surface area contributed by atoms with Crippen LogP contribution in [0.15, 0.2) is 39.5 Å². The van der Waals surface area contributed by atoms with Crippen molar-refractivity contribution in [1.82, 2.24) is 14.9 Å². The third-order valence-electron chi connectivity index (χ3n) is 3.51. The molecular formula is C16H21Br2N3. The summed E-state index contributed by atoms with van der Waals surface area (Å²) in [6, 6.07) is 6.62. The first-order valence-corrected chi connectivity index (χ1v) is 8.92. The van der Waals surface area contributed by atoms with Crippen molar-refractivity contribution in [3.05, 3.63) is 50.9 Å². The normalized spacial score (nSPS) is 12.6. The molecule has 0 saturated heterocycles. The molecule has 1 aromatic carbocycles. The molecule has 5 heteroatoms. The van der Waals surface area contributed by atoms with Crippen LogP contribution in [0.4, 0.5) is 0 Å². The second kappa shape index (κ2) is 8.11. The van der Waals surface area contributed by atoms with E-state index in [1.165, 1.54) is 5.56 Å². The summed E-state index contributed by atoms with van der Waals surface area (Å²) in [6.07, 6.45) is 5.93. The first kappa shape index (κ1) is 16.7. The molecule has 1 heterocycles. The molecule has 0 fully saturated rings. The van der Waals surface area contributed by atoms with E-state index < -0.39 is 0 Å². The molecule has 0 saturated carbocycles. The number of rotatable bonds is 7. The van der Waals surface area contributed by atoms with E-state index >= 15 is 0 Å². The number of hydrogen-bond donors (Lipinski definition) is 1. The molecule has 2 aromatic rings. The Morgan fingerprint density at radius 3 is 2.76 bits per heavy atom. The van der Waals surface area contributed by atoms with E-state index in [1.807, 2.05) is 12.4 Å². The highest BCUT2D eigenvalue weighted by atomic mass is 79.9. The second-order valence-corrected chi connectivity index (χ2v) is 6.78. The van der Waals surface area contributed by atoms with Crippen LogP contribution in [0.3, 0.4) is 0 Å². The van der Waals surface area contributed by atoms with E-state index in [2.05, 4.69) is 78.8 Å². The van der Waals surface area contributed by atoms with Gasteiger partial charge >= 0.3 is 0 Å². The highest BCUT2D eigenvalue weighted by Gasteiger charge is 2.17. The molecule has 0 aliphatic heterocycles. The van der Waals surface area contributed by atoms with E-state index in [9.17, 15) is 0 Å². The minimum atomic E-state index is 0.264. The molecule has 0 bridgehead atoms. The predicted octanol–water partition coefficient (Wildman–Crippen LogP) is 4.71. The SMILES string of the molecule is CCCNC(Cc1nccn1CC)c1ccc(Br)cc1Br. The molecule has 0 aliphatic carbocycles. The second-order valence-electron chi connectivity index (χ2n) is 5.01. The number of nitrogens with zero attached hydrogens (tertiary/aromatic N) is 2. The number of hydrogen-bond acceptors (Lipinski definition) is 2. The first-order chi connectivity index (χ1) is 10.2. The zero-order valence-electron chi connectivity index (χ0n) is 12.4. The zero-order valence-corrected chi connectivity index (χ0v) is 15.6. The Morgan fingerprint density at radius 2 is 2.10 bits per heavy atom. The monoisotopic (exact) mass is 413 g/mol. The predicted molar refractivity (Wildman–Crippen MR) is 94.5 cm³/mol. The minimum absolute atomic E-state index is 0.264. The van der Waals surface area contributed by atoms with Crippen molar-refractivity contribution in [1.29, 1.82) is 0 Å². The largest absolute Gasteiger partial charge is 0.335 e. The summed E-state index contributed by atoms with van der Waals surface area (Å²) >= 11 is 7.20. The van der Waals surface area contributed by atoms with Crippen LogP contribution < -0.4 is 5.32 Å². The van der Waals surface area contributed by atoms with E-state index in [1.54, 1.807) is 0 Å². The average molecular weight is 415 g/mol. The van der Waals surface area contributed by atoms with Gasteiger partial charge in [-0.15, -0.1) is 0 Å². The van der Waals surface area contributed by atoms with Crippen LogP contribution in [0.5, 0.6) is 0 Å². The Morgan fingerprint density at radius 1 is 1.29 bits per heavy atom. The first-order valence-electron chi connectivity index (χ1n) is 7.34. The van der Waals surface area contributed by atoms with Gasteiger partial charge in [0.1, 0.15) is 5.82 Å². The van der Waals surface area contributed by atoms with Crippen molar-refractivity contribution in [2.24, 2.45) is 0 Å². The van der Waals surface area contributed by atoms with Gasteiger partial charge in [0, 0.05) is 40.3 Å². The van der Waals surface area contributed by atoms with E-state index in [0.717, 1.165) is 40.7 Å². The lowest BCUT2D eigenvalue weighted by Crippen LogP contribution is -2.25. The van der Waals surface area contributed by atoms with Crippen molar-refractivity contribution >= 4 is 31.9 Å².